The highest BCUT2D eigenvalue weighted by Crippen LogP contribution is 2.55. The standard InChI is InChI=1S/C26H12F10O2/c27-15-11-14(17(28)21(32)18(15)29)26(38-36,16-19(30)22(33)24(35)23(34)20(16)31)25(37,12-7-3-1-4-8-12)13-9-5-2-6-10-13/h1-11,37H. The fraction of sp³-hybridized carbons (Fsp3) is 0.0769. The van der Waals surface area contributed by atoms with Crippen molar-refractivity contribution < 1.29 is 54.1 Å². The average Bonchev–Trinajstić information content (AvgIpc) is 2.94. The van der Waals surface area contributed by atoms with Crippen LogP contribution < -0.4 is 0 Å². The molecule has 0 aliphatic heterocycles. The molecular weight excluding hydrogens is 534 g/mol. The molecule has 0 radical (unpaired) electrons. The molecule has 4 rings (SSSR count). The second-order valence-corrected chi connectivity index (χ2v) is 7.99. The molecule has 38 heavy (non-hydrogen) atoms. The van der Waals surface area contributed by atoms with Crippen LogP contribution in [0.2, 0.25) is 0 Å². The van der Waals surface area contributed by atoms with E-state index in [1.165, 1.54) is 36.4 Å². The maximum absolute atomic E-state index is 15.3. The van der Waals surface area contributed by atoms with Crippen molar-refractivity contribution in [3.05, 3.63) is 141 Å². The summed E-state index contributed by atoms with van der Waals surface area (Å²) >= 11 is 0. The first-order valence-electron chi connectivity index (χ1n) is 10.4. The Balaban J connectivity index is 2.36. The monoisotopic (exact) mass is 546 g/mol. The van der Waals surface area contributed by atoms with Crippen LogP contribution in [0.5, 0.6) is 0 Å². The van der Waals surface area contributed by atoms with Crippen LogP contribution in [-0.2, 0) is 16.1 Å². The van der Waals surface area contributed by atoms with Crippen LogP contribution in [0, 0.1) is 52.4 Å². The molecule has 0 saturated heterocycles. The van der Waals surface area contributed by atoms with E-state index in [0.29, 0.717) is 0 Å². The van der Waals surface area contributed by atoms with Gasteiger partial charge in [0.05, 0.1) is 5.56 Å². The van der Waals surface area contributed by atoms with Crippen LogP contribution in [-0.4, -0.2) is 5.11 Å². The molecule has 0 saturated carbocycles. The fourth-order valence-corrected chi connectivity index (χ4v) is 4.32. The molecule has 0 aliphatic carbocycles. The lowest BCUT2D eigenvalue weighted by molar-refractivity contribution is -0.285. The van der Waals surface area contributed by atoms with Gasteiger partial charge in [0.15, 0.2) is 52.1 Å². The third-order valence-electron chi connectivity index (χ3n) is 6.05. The van der Waals surface area contributed by atoms with E-state index >= 15 is 13.2 Å². The highest BCUT2D eigenvalue weighted by Gasteiger charge is 2.63. The van der Waals surface area contributed by atoms with Crippen molar-refractivity contribution in [3.63, 3.8) is 0 Å². The van der Waals surface area contributed by atoms with E-state index in [0.717, 1.165) is 24.3 Å². The van der Waals surface area contributed by atoms with E-state index in [9.17, 15) is 36.0 Å². The Morgan fingerprint density at radius 2 is 0.921 bits per heavy atom. The predicted octanol–water partition coefficient (Wildman–Crippen LogP) is 7.02. The molecule has 12 heteroatoms. The maximum atomic E-state index is 15.3. The van der Waals surface area contributed by atoms with Crippen molar-refractivity contribution in [2.24, 2.45) is 0 Å². The third kappa shape index (κ3) is 3.66. The molecule has 0 fully saturated rings. The molecule has 4 aromatic rings. The number of hydrogen-bond acceptors (Lipinski definition) is 2. The molecule has 4 aromatic carbocycles. The smallest absolute Gasteiger partial charge is 0.204 e. The first-order chi connectivity index (χ1) is 17.9. The van der Waals surface area contributed by atoms with E-state index in [-0.39, 0.29) is 6.07 Å². The molecule has 1 atom stereocenters. The summed E-state index contributed by atoms with van der Waals surface area (Å²) in [7, 11) is 0. The molecule has 0 aliphatic rings. The maximum Gasteiger partial charge on any atom is 0.204 e. The van der Waals surface area contributed by atoms with Crippen LogP contribution in [0.3, 0.4) is 0 Å². The van der Waals surface area contributed by atoms with E-state index in [4.69, 9.17) is 0 Å². The van der Waals surface area contributed by atoms with Gasteiger partial charge in [-0.1, -0.05) is 60.7 Å². The quantitative estimate of drug-likeness (QED) is 0.160. The summed E-state index contributed by atoms with van der Waals surface area (Å²) in [6.07, 6.45) is 0. The summed E-state index contributed by atoms with van der Waals surface area (Å²) in [5.74, 6) is -23.7. The van der Waals surface area contributed by atoms with Gasteiger partial charge in [0.25, 0.3) is 0 Å². The van der Waals surface area contributed by atoms with Crippen LogP contribution in [0.15, 0.2) is 66.7 Å². The largest absolute Gasteiger partial charge is 0.376 e. The van der Waals surface area contributed by atoms with Gasteiger partial charge in [0, 0.05) is 5.56 Å². The van der Waals surface area contributed by atoms with Crippen LogP contribution in [0.4, 0.5) is 44.0 Å². The SMILES string of the molecule is OC(c1ccccc1)(c1ccccc1)C(OF)(c1cc(F)c(F)c(F)c1F)c1c(F)c(F)c(F)c(F)c1F. The van der Waals surface area contributed by atoms with E-state index in [1.54, 1.807) is 0 Å². The van der Waals surface area contributed by atoms with E-state index in [1.807, 2.05) is 0 Å². The highest BCUT2D eigenvalue weighted by molar-refractivity contribution is 5.52. The zero-order valence-corrected chi connectivity index (χ0v) is 18.5. The van der Waals surface area contributed by atoms with Crippen LogP contribution in [0.1, 0.15) is 22.3 Å². The first-order valence-corrected chi connectivity index (χ1v) is 10.4. The van der Waals surface area contributed by atoms with Gasteiger partial charge in [-0.15, -0.1) is 0 Å². The van der Waals surface area contributed by atoms with Crippen molar-refractivity contribution in [1.29, 1.82) is 0 Å². The number of benzene rings is 4. The lowest BCUT2D eigenvalue weighted by Crippen LogP contribution is -2.54. The molecule has 0 heterocycles. The molecule has 2 nitrogen and oxygen atoms in total. The van der Waals surface area contributed by atoms with Gasteiger partial charge >= 0.3 is 0 Å². The Morgan fingerprint density at radius 3 is 1.34 bits per heavy atom. The summed E-state index contributed by atoms with van der Waals surface area (Å²) in [5.41, 5.74) is -13.5. The van der Waals surface area contributed by atoms with Crippen LogP contribution >= 0.6 is 0 Å². The van der Waals surface area contributed by atoms with Crippen molar-refractivity contribution >= 4 is 0 Å². The summed E-state index contributed by atoms with van der Waals surface area (Å²) in [6.45, 7) is 0. The second-order valence-electron chi connectivity index (χ2n) is 7.99. The molecule has 1 N–H and O–H groups in total. The van der Waals surface area contributed by atoms with Crippen molar-refractivity contribution in [3.8, 4) is 0 Å². The lowest BCUT2D eigenvalue weighted by atomic mass is 9.65. The average molecular weight is 546 g/mol. The third-order valence-corrected chi connectivity index (χ3v) is 6.05. The zero-order chi connectivity index (χ0) is 28.0. The highest BCUT2D eigenvalue weighted by atomic mass is 19.3. The Bertz CT molecular complexity index is 1440. The summed E-state index contributed by atoms with van der Waals surface area (Å²) in [4.78, 5) is 3.74. The Hall–Kier alpha value is -3.90. The number of aliphatic hydroxyl groups is 1. The summed E-state index contributed by atoms with van der Waals surface area (Å²) < 4.78 is 146. The number of halogens is 10. The molecular formula is C26H12F10O2. The Labute approximate surface area is 207 Å². The Morgan fingerprint density at radius 1 is 0.526 bits per heavy atom. The van der Waals surface area contributed by atoms with Gasteiger partial charge in [0.1, 0.15) is 0 Å². The minimum atomic E-state index is -4.32. The summed E-state index contributed by atoms with van der Waals surface area (Å²) in [6, 6.07) is 10.9. The molecule has 0 aromatic heterocycles. The van der Waals surface area contributed by atoms with Gasteiger partial charge in [-0.25, -0.2) is 39.5 Å². The van der Waals surface area contributed by atoms with Gasteiger partial charge in [-0.3, -0.25) is 0 Å². The molecule has 0 spiro atoms. The molecule has 1 unspecified atom stereocenters. The minimum Gasteiger partial charge on any atom is -0.376 e. The normalized spacial score (nSPS) is 13.4. The van der Waals surface area contributed by atoms with Gasteiger partial charge < -0.3 is 5.11 Å². The van der Waals surface area contributed by atoms with E-state index < -0.39 is 85.8 Å². The van der Waals surface area contributed by atoms with Gasteiger partial charge in [-0.05, 0) is 21.7 Å². The number of rotatable bonds is 6. The Kier molecular flexibility index (Phi) is 6.97. The molecule has 0 amide bonds. The van der Waals surface area contributed by atoms with Crippen molar-refractivity contribution in [2.45, 2.75) is 11.2 Å². The number of hydrogen-bond donors (Lipinski definition) is 1. The minimum absolute atomic E-state index is 0.331. The van der Waals surface area contributed by atoms with Crippen molar-refractivity contribution in [1.82, 2.24) is 0 Å². The van der Waals surface area contributed by atoms with Gasteiger partial charge in [0.2, 0.25) is 11.4 Å². The zero-order valence-electron chi connectivity index (χ0n) is 18.5. The molecule has 198 valence electrons. The topological polar surface area (TPSA) is 29.5 Å². The lowest BCUT2D eigenvalue weighted by Gasteiger charge is -2.45. The fourth-order valence-electron chi connectivity index (χ4n) is 4.32. The predicted molar refractivity (Wildman–Crippen MR) is 111 cm³/mol. The molecule has 0 bridgehead atoms. The summed E-state index contributed by atoms with van der Waals surface area (Å²) in [5, 5.41) is 12.1. The first kappa shape index (κ1) is 27.1. The van der Waals surface area contributed by atoms with Gasteiger partial charge in [-0.2, -0.15) is 4.94 Å². The van der Waals surface area contributed by atoms with Crippen molar-refractivity contribution in [2.75, 3.05) is 0 Å². The second kappa shape index (κ2) is 9.76. The van der Waals surface area contributed by atoms with Crippen LogP contribution in [0.25, 0.3) is 0 Å². The van der Waals surface area contributed by atoms with E-state index in [2.05, 4.69) is 4.94 Å².